The second-order valence-corrected chi connectivity index (χ2v) is 20.0. The standard InChI is InChI=1S/C53H55BF10N2O2/c1-33-16-19-37(20-17-33)45-40-14-10-11-15-41(40)46(65-45)42(29-18-34-12-8-9-13-34)47-43(35-21-25-38(26-22-35)48(2,3)4)30-44(36-23-27-39(28-24-36)49(5,6)7)66(47)54(67-31-50(55,56)52(59,60)61)68-32-51(57,58)53(62,63)64/h10-11,14-17,19-28,30,34H,8-9,12-13,18,29,31-32H2,1-7H3/b46-42-. The average Bonchev–Trinajstić information content (AvgIpc) is 4.02. The summed E-state index contributed by atoms with van der Waals surface area (Å²) in [5.41, 5.74) is 6.96. The van der Waals surface area contributed by atoms with E-state index < -0.39 is 44.7 Å². The number of aliphatic imine (C=N–C) groups is 1. The molecule has 0 radical (unpaired) electrons. The van der Waals surface area contributed by atoms with Crippen molar-refractivity contribution in [2.75, 3.05) is 13.2 Å². The van der Waals surface area contributed by atoms with E-state index in [0.29, 0.717) is 45.7 Å². The second kappa shape index (κ2) is 19.0. The molecule has 0 amide bonds. The van der Waals surface area contributed by atoms with E-state index >= 15 is 0 Å². The SMILES string of the molecule is Cc1ccc(C2=N/C(=C(/CCC3CCCC3)c3c(-c4ccc(C(C)(C)C)cc4)cc(-c4ccc(C(C)(C)C)cc4)n3B(OCC(F)(F)C(F)(F)F)OCC(F)(F)C(F)(F)F)c3ccccc32)cc1. The highest BCUT2D eigenvalue weighted by Crippen LogP contribution is 2.47. The number of aromatic nitrogens is 1. The Morgan fingerprint density at radius 3 is 1.56 bits per heavy atom. The molecule has 0 atom stereocenters. The Balaban J connectivity index is 1.61. The summed E-state index contributed by atoms with van der Waals surface area (Å²) < 4.78 is 155. The molecule has 0 N–H and O–H groups in total. The number of aryl methyl sites for hydroxylation is 1. The van der Waals surface area contributed by atoms with Gasteiger partial charge in [-0.2, -0.15) is 43.9 Å². The van der Waals surface area contributed by atoms with Crippen LogP contribution in [0.4, 0.5) is 43.9 Å². The first-order valence-electron chi connectivity index (χ1n) is 22.7. The van der Waals surface area contributed by atoms with Gasteiger partial charge in [0, 0.05) is 39.2 Å². The molecule has 5 aromatic rings. The molecule has 2 heterocycles. The van der Waals surface area contributed by atoms with Gasteiger partial charge in [0.15, 0.2) is 0 Å². The number of alkyl halides is 10. The van der Waals surface area contributed by atoms with Crippen LogP contribution in [-0.2, 0) is 20.1 Å². The van der Waals surface area contributed by atoms with Crippen LogP contribution in [0, 0.1) is 12.8 Å². The average molecular weight is 953 g/mol. The van der Waals surface area contributed by atoms with Crippen LogP contribution in [0.15, 0.2) is 108 Å². The van der Waals surface area contributed by atoms with Crippen molar-refractivity contribution in [3.8, 4) is 22.4 Å². The first-order valence-corrected chi connectivity index (χ1v) is 22.7. The highest BCUT2D eigenvalue weighted by molar-refractivity contribution is 6.44. The third kappa shape index (κ3) is 10.8. The molecule has 1 aliphatic heterocycles. The topological polar surface area (TPSA) is 35.8 Å². The zero-order valence-electron chi connectivity index (χ0n) is 39.1. The van der Waals surface area contributed by atoms with E-state index in [4.69, 9.17) is 14.3 Å². The Morgan fingerprint density at radius 1 is 0.603 bits per heavy atom. The van der Waals surface area contributed by atoms with E-state index in [1.54, 1.807) is 30.3 Å². The third-order valence-corrected chi connectivity index (χ3v) is 12.8. The van der Waals surface area contributed by atoms with Gasteiger partial charge in [-0.15, -0.1) is 0 Å². The van der Waals surface area contributed by atoms with Gasteiger partial charge >= 0.3 is 31.5 Å². The summed E-state index contributed by atoms with van der Waals surface area (Å²) in [5.74, 6) is -10.9. The summed E-state index contributed by atoms with van der Waals surface area (Å²) in [6.45, 7) is 8.95. The first kappa shape index (κ1) is 50.7. The molecule has 4 aromatic carbocycles. The molecule has 1 fully saturated rings. The molecular weight excluding hydrogens is 897 g/mol. The van der Waals surface area contributed by atoms with Crippen molar-refractivity contribution < 1.29 is 53.2 Å². The fourth-order valence-electron chi connectivity index (χ4n) is 8.78. The summed E-state index contributed by atoms with van der Waals surface area (Å²) in [5, 5.41) is 0. The van der Waals surface area contributed by atoms with E-state index in [0.717, 1.165) is 58.0 Å². The second-order valence-electron chi connectivity index (χ2n) is 20.0. The molecule has 362 valence electrons. The van der Waals surface area contributed by atoms with Crippen LogP contribution in [0.25, 0.3) is 33.7 Å². The van der Waals surface area contributed by atoms with Crippen LogP contribution in [0.3, 0.4) is 0 Å². The molecule has 1 aromatic heterocycles. The predicted octanol–water partition coefficient (Wildman–Crippen LogP) is 15.7. The summed E-state index contributed by atoms with van der Waals surface area (Å²) in [6, 6.07) is 31.0. The monoisotopic (exact) mass is 952 g/mol. The number of hydrogen-bond acceptors (Lipinski definition) is 3. The largest absolute Gasteiger partial charge is 0.598 e. The Morgan fingerprint density at radius 2 is 1.07 bits per heavy atom. The number of hydrogen-bond donors (Lipinski definition) is 0. The maximum Gasteiger partial charge on any atom is 0.598 e. The first-order chi connectivity index (χ1) is 31.7. The molecule has 68 heavy (non-hydrogen) atoms. The normalized spacial score (nSPS) is 16.0. The summed E-state index contributed by atoms with van der Waals surface area (Å²) in [4.78, 5) is 5.28. The molecular formula is C53H55BF10N2O2. The van der Waals surface area contributed by atoms with Crippen molar-refractivity contribution in [1.82, 2.24) is 4.48 Å². The van der Waals surface area contributed by atoms with Crippen molar-refractivity contribution >= 4 is 24.2 Å². The summed E-state index contributed by atoms with van der Waals surface area (Å²) in [6.07, 6.45) is -7.81. The van der Waals surface area contributed by atoms with Crippen LogP contribution in [0.5, 0.6) is 0 Å². The molecule has 0 bridgehead atoms. The number of allylic oxidation sites excluding steroid dienone is 1. The molecule has 1 aliphatic carbocycles. The molecule has 15 heteroatoms. The smallest absolute Gasteiger partial charge is 0.385 e. The maximum atomic E-state index is 15.0. The number of benzene rings is 4. The van der Waals surface area contributed by atoms with Crippen molar-refractivity contribution in [3.05, 3.63) is 142 Å². The van der Waals surface area contributed by atoms with Crippen LogP contribution < -0.4 is 0 Å². The Hall–Kier alpha value is -5.15. The lowest BCUT2D eigenvalue weighted by Crippen LogP contribution is -2.48. The van der Waals surface area contributed by atoms with Crippen molar-refractivity contribution in [1.29, 1.82) is 0 Å². The Bertz CT molecular complexity index is 2600. The molecule has 0 saturated heterocycles. The molecule has 0 unspecified atom stereocenters. The van der Waals surface area contributed by atoms with Crippen LogP contribution in [-0.4, -0.2) is 54.9 Å². The fraction of sp³-hybridized carbons (Fsp3) is 0.415. The lowest BCUT2D eigenvalue weighted by molar-refractivity contribution is -0.295. The highest BCUT2D eigenvalue weighted by atomic mass is 19.4. The maximum absolute atomic E-state index is 15.0. The van der Waals surface area contributed by atoms with E-state index in [1.165, 1.54) is 0 Å². The summed E-state index contributed by atoms with van der Waals surface area (Å²) in [7, 11) is -2.70. The number of halogens is 10. The van der Waals surface area contributed by atoms with Crippen LogP contribution >= 0.6 is 0 Å². The Kier molecular flexibility index (Phi) is 14.2. The minimum Gasteiger partial charge on any atom is -0.385 e. The van der Waals surface area contributed by atoms with Gasteiger partial charge in [-0.3, -0.25) is 0 Å². The van der Waals surface area contributed by atoms with Gasteiger partial charge in [0.2, 0.25) is 0 Å². The van der Waals surface area contributed by atoms with Gasteiger partial charge in [-0.05, 0) is 64.8 Å². The summed E-state index contributed by atoms with van der Waals surface area (Å²) >= 11 is 0. The van der Waals surface area contributed by atoms with Crippen LogP contribution in [0.1, 0.15) is 119 Å². The molecule has 4 nitrogen and oxygen atoms in total. The quantitative estimate of drug-likeness (QED) is 0.0821. The van der Waals surface area contributed by atoms with Gasteiger partial charge in [0.05, 0.1) is 11.4 Å². The van der Waals surface area contributed by atoms with Gasteiger partial charge in [-0.1, -0.05) is 170 Å². The zero-order valence-corrected chi connectivity index (χ0v) is 39.1. The van der Waals surface area contributed by atoms with Gasteiger partial charge in [0.1, 0.15) is 13.2 Å². The lowest BCUT2D eigenvalue weighted by Gasteiger charge is -2.28. The van der Waals surface area contributed by atoms with Crippen LogP contribution in [0.2, 0.25) is 0 Å². The fourth-order valence-corrected chi connectivity index (χ4v) is 8.78. The third-order valence-electron chi connectivity index (χ3n) is 12.8. The molecule has 7 rings (SSSR count). The minimum absolute atomic E-state index is 0.0268. The van der Waals surface area contributed by atoms with Gasteiger partial charge in [-0.25, -0.2) is 4.99 Å². The van der Waals surface area contributed by atoms with E-state index in [1.807, 2.05) is 121 Å². The van der Waals surface area contributed by atoms with E-state index in [9.17, 15) is 43.9 Å². The van der Waals surface area contributed by atoms with E-state index in [2.05, 4.69) is 0 Å². The predicted molar refractivity (Wildman–Crippen MR) is 249 cm³/mol. The van der Waals surface area contributed by atoms with E-state index in [-0.39, 0.29) is 34.6 Å². The van der Waals surface area contributed by atoms with Crippen molar-refractivity contribution in [3.63, 3.8) is 0 Å². The van der Waals surface area contributed by atoms with Crippen molar-refractivity contribution in [2.24, 2.45) is 10.9 Å². The number of rotatable bonds is 14. The Labute approximate surface area is 391 Å². The highest BCUT2D eigenvalue weighted by Gasteiger charge is 2.60. The zero-order chi connectivity index (χ0) is 49.6. The molecule has 1 saturated carbocycles. The number of nitrogens with zero attached hydrogens (tertiary/aromatic N) is 2. The number of fused-ring (bicyclic) bond motifs is 1. The molecule has 2 aliphatic rings. The minimum atomic E-state index is -6.18. The molecule has 0 spiro atoms. The lowest BCUT2D eigenvalue weighted by atomic mass is 9.85. The van der Waals surface area contributed by atoms with Gasteiger partial charge < -0.3 is 13.8 Å². The van der Waals surface area contributed by atoms with Crippen molar-refractivity contribution in [2.45, 2.75) is 122 Å². The van der Waals surface area contributed by atoms with Gasteiger partial charge in [0.25, 0.3) is 0 Å².